The second-order valence-electron chi connectivity index (χ2n) is 1.55. The van der Waals surface area contributed by atoms with Crippen LogP contribution in [-0.2, 0) is 4.74 Å². The van der Waals surface area contributed by atoms with E-state index in [1.165, 1.54) is 5.57 Å². The van der Waals surface area contributed by atoms with E-state index < -0.39 is 0 Å². The fourth-order valence-corrected chi connectivity index (χ4v) is 0.505. The molecule has 0 radical (unpaired) electrons. The molecule has 0 aromatic rings. The van der Waals surface area contributed by atoms with Crippen LogP contribution >= 0.6 is 0 Å². The zero-order chi connectivity index (χ0) is 8.41. The second-order valence-corrected chi connectivity index (χ2v) is 1.55. The Hall–Kier alpha value is -0.300. The minimum Gasteiger partial charge on any atom is -0.377 e. The molecule has 1 aliphatic rings. The van der Waals surface area contributed by atoms with Crippen LogP contribution in [0.25, 0.3) is 0 Å². The van der Waals surface area contributed by atoms with E-state index >= 15 is 0 Å². The lowest BCUT2D eigenvalue weighted by atomic mass is 10.3. The Bertz CT molecular complexity index is 59.1. The van der Waals surface area contributed by atoms with E-state index in [0.29, 0.717) is 0 Å². The predicted molar refractivity (Wildman–Crippen MR) is 47.3 cm³/mol. The zero-order valence-corrected chi connectivity index (χ0v) is 7.74. The van der Waals surface area contributed by atoms with Gasteiger partial charge in [-0.05, 0) is 12.0 Å². The molecule has 0 atom stereocenters. The maximum atomic E-state index is 4.96. The molecule has 10 heavy (non-hydrogen) atoms. The highest BCUT2D eigenvalue weighted by molar-refractivity contribution is 4.97. The summed E-state index contributed by atoms with van der Waals surface area (Å²) in [6.45, 7) is 13.4. The summed E-state index contributed by atoms with van der Waals surface area (Å²) in [5, 5.41) is 0. The average molecular weight is 144 g/mol. The predicted octanol–water partition coefficient (Wildman–Crippen LogP) is 3.02. The topological polar surface area (TPSA) is 9.23 Å². The van der Waals surface area contributed by atoms with Crippen LogP contribution in [0.5, 0.6) is 0 Å². The Morgan fingerprint density at radius 1 is 1.20 bits per heavy atom. The first-order valence-corrected chi connectivity index (χ1v) is 4.14. The maximum absolute atomic E-state index is 4.96. The van der Waals surface area contributed by atoms with E-state index in [-0.39, 0.29) is 0 Å². The third-order valence-corrected chi connectivity index (χ3v) is 0.906. The summed E-state index contributed by atoms with van der Waals surface area (Å²) in [5.74, 6) is 0. The average Bonchev–Trinajstić information content (AvgIpc) is 2.48. The van der Waals surface area contributed by atoms with Crippen molar-refractivity contribution in [3.05, 3.63) is 12.2 Å². The normalized spacial score (nSPS) is 14.6. The van der Waals surface area contributed by atoms with Crippen molar-refractivity contribution in [3.8, 4) is 0 Å². The number of rotatable bonds is 0. The van der Waals surface area contributed by atoms with Crippen LogP contribution in [0.1, 0.15) is 34.1 Å². The van der Waals surface area contributed by atoms with Gasteiger partial charge in [0.1, 0.15) is 0 Å². The Morgan fingerprint density at radius 3 is 1.80 bits per heavy atom. The molecule has 1 saturated heterocycles. The largest absolute Gasteiger partial charge is 0.377 e. The third-order valence-electron chi connectivity index (χ3n) is 0.906. The smallest absolute Gasteiger partial charge is 0.0675 e. The molecule has 1 heterocycles. The van der Waals surface area contributed by atoms with Gasteiger partial charge in [-0.1, -0.05) is 34.3 Å². The van der Waals surface area contributed by atoms with Crippen molar-refractivity contribution in [1.82, 2.24) is 0 Å². The molecule has 1 fully saturated rings. The first-order chi connectivity index (χ1) is 4.89. The van der Waals surface area contributed by atoms with E-state index in [1.54, 1.807) is 0 Å². The van der Waals surface area contributed by atoms with Crippen LogP contribution in [0, 0.1) is 0 Å². The van der Waals surface area contributed by atoms with Crippen molar-refractivity contribution in [2.45, 2.75) is 34.1 Å². The number of hydrogen-bond acceptors (Lipinski definition) is 1. The van der Waals surface area contributed by atoms with Gasteiger partial charge in [0.15, 0.2) is 0 Å². The molecule has 0 aliphatic carbocycles. The fourth-order valence-electron chi connectivity index (χ4n) is 0.505. The first kappa shape index (κ1) is 12.4. The van der Waals surface area contributed by atoms with Gasteiger partial charge in [0.05, 0.1) is 13.2 Å². The zero-order valence-electron chi connectivity index (χ0n) is 7.74. The van der Waals surface area contributed by atoms with Gasteiger partial charge in [-0.25, -0.2) is 0 Å². The Morgan fingerprint density at radius 2 is 1.70 bits per heavy atom. The van der Waals surface area contributed by atoms with Gasteiger partial charge in [-0.2, -0.15) is 0 Å². The third kappa shape index (κ3) is 7.70. The molecular weight excluding hydrogens is 124 g/mol. The van der Waals surface area contributed by atoms with Crippen LogP contribution in [0.3, 0.4) is 0 Å². The monoisotopic (exact) mass is 144 g/mol. The lowest BCUT2D eigenvalue weighted by Gasteiger charge is -1.79. The van der Waals surface area contributed by atoms with Gasteiger partial charge in [0.25, 0.3) is 0 Å². The molecule has 0 aromatic carbocycles. The highest BCUT2D eigenvalue weighted by Gasteiger charge is 2.00. The Labute approximate surface area is 65.1 Å². The van der Waals surface area contributed by atoms with Crippen molar-refractivity contribution in [3.63, 3.8) is 0 Å². The van der Waals surface area contributed by atoms with Crippen molar-refractivity contribution < 1.29 is 4.74 Å². The standard InChI is InChI=1S/C5H8O.2C2H6/c1-5-2-3-6-4-5;2*1-2/h1-4H2;2*1-2H3. The lowest BCUT2D eigenvalue weighted by molar-refractivity contribution is 0.205. The van der Waals surface area contributed by atoms with Gasteiger partial charge in [0.2, 0.25) is 0 Å². The quantitative estimate of drug-likeness (QED) is 0.475. The fraction of sp³-hybridized carbons (Fsp3) is 0.778. The molecule has 0 bridgehead atoms. The van der Waals surface area contributed by atoms with Crippen LogP contribution in [0.15, 0.2) is 12.2 Å². The van der Waals surface area contributed by atoms with Gasteiger partial charge in [-0.3, -0.25) is 0 Å². The minimum atomic E-state index is 0.792. The van der Waals surface area contributed by atoms with Gasteiger partial charge in [0, 0.05) is 0 Å². The van der Waals surface area contributed by atoms with E-state index in [9.17, 15) is 0 Å². The van der Waals surface area contributed by atoms with Crippen molar-refractivity contribution >= 4 is 0 Å². The molecule has 62 valence electrons. The second kappa shape index (κ2) is 11.5. The van der Waals surface area contributed by atoms with E-state index in [0.717, 1.165) is 19.6 Å². The van der Waals surface area contributed by atoms with E-state index in [4.69, 9.17) is 4.74 Å². The summed E-state index contributed by atoms with van der Waals surface area (Å²) in [4.78, 5) is 0. The van der Waals surface area contributed by atoms with Gasteiger partial charge < -0.3 is 4.74 Å². The summed E-state index contributed by atoms with van der Waals surface area (Å²) < 4.78 is 4.96. The Kier molecular flexibility index (Phi) is 14.2. The highest BCUT2D eigenvalue weighted by Crippen LogP contribution is 2.05. The first-order valence-electron chi connectivity index (χ1n) is 4.14. The summed E-state index contributed by atoms with van der Waals surface area (Å²) in [7, 11) is 0. The van der Waals surface area contributed by atoms with Crippen LogP contribution in [0.2, 0.25) is 0 Å². The molecular formula is C9H20O. The van der Waals surface area contributed by atoms with E-state index in [2.05, 4.69) is 6.58 Å². The highest BCUT2D eigenvalue weighted by atomic mass is 16.5. The SMILES string of the molecule is C=C1CCOC1.CC.CC. The molecule has 0 unspecified atom stereocenters. The Balaban J connectivity index is 0. The molecule has 1 heteroatoms. The number of hydrogen-bond donors (Lipinski definition) is 0. The van der Waals surface area contributed by atoms with Gasteiger partial charge in [-0.15, -0.1) is 0 Å². The van der Waals surface area contributed by atoms with Gasteiger partial charge >= 0.3 is 0 Å². The summed E-state index contributed by atoms with van der Waals surface area (Å²) in [6.07, 6.45) is 1.07. The summed E-state index contributed by atoms with van der Waals surface area (Å²) >= 11 is 0. The molecule has 0 amide bonds. The molecule has 0 N–H and O–H groups in total. The van der Waals surface area contributed by atoms with Crippen LogP contribution in [0.4, 0.5) is 0 Å². The summed E-state index contributed by atoms with van der Waals surface area (Å²) in [5.41, 5.74) is 1.23. The van der Waals surface area contributed by atoms with Crippen molar-refractivity contribution in [1.29, 1.82) is 0 Å². The maximum Gasteiger partial charge on any atom is 0.0675 e. The molecule has 1 nitrogen and oxygen atoms in total. The van der Waals surface area contributed by atoms with E-state index in [1.807, 2.05) is 27.7 Å². The number of ether oxygens (including phenoxy) is 1. The van der Waals surface area contributed by atoms with Crippen LogP contribution < -0.4 is 0 Å². The minimum absolute atomic E-state index is 0.792. The summed E-state index contributed by atoms with van der Waals surface area (Å²) in [6, 6.07) is 0. The van der Waals surface area contributed by atoms with Crippen LogP contribution in [-0.4, -0.2) is 13.2 Å². The molecule has 1 rings (SSSR count). The van der Waals surface area contributed by atoms with Crippen molar-refractivity contribution in [2.24, 2.45) is 0 Å². The molecule has 0 aromatic heterocycles. The molecule has 1 aliphatic heterocycles. The van der Waals surface area contributed by atoms with Crippen molar-refractivity contribution in [2.75, 3.05) is 13.2 Å². The molecule has 0 saturated carbocycles. The lowest BCUT2D eigenvalue weighted by Crippen LogP contribution is -1.76. The molecule has 0 spiro atoms.